The molecule has 1 aromatic rings. The van der Waals surface area contributed by atoms with E-state index in [0.29, 0.717) is 6.54 Å². The summed E-state index contributed by atoms with van der Waals surface area (Å²) in [6, 6.07) is 7.91. The zero-order valence-electron chi connectivity index (χ0n) is 13.9. The maximum atomic E-state index is 12.2. The Bertz CT molecular complexity index is 644. The van der Waals surface area contributed by atoms with Crippen molar-refractivity contribution in [2.24, 2.45) is 5.92 Å². The van der Waals surface area contributed by atoms with Gasteiger partial charge in [0.25, 0.3) is 0 Å². The van der Waals surface area contributed by atoms with Crippen LogP contribution in [0.1, 0.15) is 26.7 Å². The first kappa shape index (κ1) is 20.1. The van der Waals surface area contributed by atoms with Crippen LogP contribution in [0.4, 0.5) is 0 Å². The van der Waals surface area contributed by atoms with E-state index in [4.69, 9.17) is 5.11 Å². The van der Waals surface area contributed by atoms with Gasteiger partial charge in [-0.2, -0.15) is 0 Å². The van der Waals surface area contributed by atoms with Gasteiger partial charge in [0.2, 0.25) is 15.9 Å². The fourth-order valence-electron chi connectivity index (χ4n) is 2.12. The van der Waals surface area contributed by atoms with Crippen molar-refractivity contribution >= 4 is 21.9 Å². The molecule has 1 aromatic carbocycles. The number of carbonyl (C=O) groups excluding carboxylic acids is 1. The number of rotatable bonds is 10. The van der Waals surface area contributed by atoms with E-state index in [1.165, 1.54) is 17.0 Å². The molecule has 0 saturated carbocycles. The lowest BCUT2D eigenvalue weighted by Crippen LogP contribution is -2.38. The van der Waals surface area contributed by atoms with Crippen LogP contribution in [0.5, 0.6) is 0 Å². The van der Waals surface area contributed by atoms with Gasteiger partial charge in [0, 0.05) is 26.1 Å². The molecule has 0 saturated heterocycles. The number of hydrogen-bond donors (Lipinski definition) is 2. The Balaban J connectivity index is 2.57. The van der Waals surface area contributed by atoms with Crippen LogP contribution in [0.2, 0.25) is 0 Å². The molecule has 0 bridgehead atoms. The minimum absolute atomic E-state index is 0.0155. The molecular weight excluding hydrogens is 332 g/mol. The fraction of sp³-hybridized carbons (Fsp3) is 0.500. The Labute approximate surface area is 142 Å². The van der Waals surface area contributed by atoms with Crippen LogP contribution in [0.3, 0.4) is 0 Å². The van der Waals surface area contributed by atoms with E-state index in [1.807, 2.05) is 13.8 Å². The van der Waals surface area contributed by atoms with Gasteiger partial charge in [-0.25, -0.2) is 13.1 Å². The molecule has 8 heteroatoms. The van der Waals surface area contributed by atoms with Crippen molar-refractivity contribution in [1.29, 1.82) is 0 Å². The van der Waals surface area contributed by atoms with Gasteiger partial charge in [-0.1, -0.05) is 32.0 Å². The second-order valence-corrected chi connectivity index (χ2v) is 7.61. The molecule has 0 heterocycles. The van der Waals surface area contributed by atoms with Gasteiger partial charge in [-0.15, -0.1) is 0 Å². The lowest BCUT2D eigenvalue weighted by molar-refractivity contribution is -0.138. The van der Waals surface area contributed by atoms with E-state index in [1.54, 1.807) is 18.2 Å². The third kappa shape index (κ3) is 7.10. The number of aliphatic carboxylic acids is 1. The number of benzene rings is 1. The van der Waals surface area contributed by atoms with Crippen molar-refractivity contribution < 1.29 is 23.1 Å². The van der Waals surface area contributed by atoms with Crippen LogP contribution >= 0.6 is 0 Å². The normalized spacial score (nSPS) is 11.5. The molecule has 1 amide bonds. The summed E-state index contributed by atoms with van der Waals surface area (Å²) >= 11 is 0. The van der Waals surface area contributed by atoms with Crippen molar-refractivity contribution in [2.75, 3.05) is 19.6 Å². The largest absolute Gasteiger partial charge is 0.481 e. The van der Waals surface area contributed by atoms with Crippen LogP contribution in [0.15, 0.2) is 35.2 Å². The first-order chi connectivity index (χ1) is 11.2. The first-order valence-corrected chi connectivity index (χ1v) is 9.25. The minimum atomic E-state index is -3.65. The van der Waals surface area contributed by atoms with Crippen LogP contribution in [-0.4, -0.2) is 49.9 Å². The number of sulfonamides is 1. The smallest absolute Gasteiger partial charge is 0.305 e. The van der Waals surface area contributed by atoms with Crippen molar-refractivity contribution in [3.8, 4) is 0 Å². The summed E-state index contributed by atoms with van der Waals surface area (Å²) in [5, 5.41) is 8.76. The monoisotopic (exact) mass is 356 g/mol. The van der Waals surface area contributed by atoms with Crippen molar-refractivity contribution in [2.45, 2.75) is 31.6 Å². The highest BCUT2D eigenvalue weighted by Gasteiger charge is 2.18. The molecular formula is C16H24N2O5S. The third-order valence-corrected chi connectivity index (χ3v) is 4.70. The lowest BCUT2D eigenvalue weighted by Gasteiger charge is -2.24. The Morgan fingerprint density at radius 1 is 1.17 bits per heavy atom. The lowest BCUT2D eigenvalue weighted by atomic mass is 10.2. The number of carboxylic acid groups (broad SMARTS) is 1. The fourth-order valence-corrected chi connectivity index (χ4v) is 3.18. The second-order valence-electron chi connectivity index (χ2n) is 5.84. The molecule has 2 N–H and O–H groups in total. The molecule has 0 aliphatic heterocycles. The molecule has 134 valence electrons. The summed E-state index contributed by atoms with van der Waals surface area (Å²) in [4.78, 5) is 24.5. The van der Waals surface area contributed by atoms with Gasteiger partial charge in [-0.3, -0.25) is 9.59 Å². The summed E-state index contributed by atoms with van der Waals surface area (Å²) in [6.07, 6.45) is -0.146. The summed E-state index contributed by atoms with van der Waals surface area (Å²) < 4.78 is 26.5. The van der Waals surface area contributed by atoms with E-state index in [9.17, 15) is 18.0 Å². The third-order valence-electron chi connectivity index (χ3n) is 3.22. The van der Waals surface area contributed by atoms with Gasteiger partial charge in [0.05, 0.1) is 11.3 Å². The van der Waals surface area contributed by atoms with E-state index in [0.717, 1.165) is 0 Å². The van der Waals surface area contributed by atoms with Gasteiger partial charge in [0.1, 0.15) is 0 Å². The molecule has 0 aliphatic rings. The number of nitrogens with zero attached hydrogens (tertiary/aromatic N) is 1. The minimum Gasteiger partial charge on any atom is -0.481 e. The average Bonchev–Trinajstić information content (AvgIpc) is 2.51. The molecule has 0 aliphatic carbocycles. The SMILES string of the molecule is CC(C)CN(CCC(=O)O)C(=O)CCNS(=O)(=O)c1ccccc1. The maximum absolute atomic E-state index is 12.2. The van der Waals surface area contributed by atoms with Crippen LogP contribution < -0.4 is 4.72 Å². The summed E-state index contributed by atoms with van der Waals surface area (Å²) in [5.41, 5.74) is 0. The standard InChI is InChI=1S/C16H24N2O5S/c1-13(2)12-18(11-9-16(20)21)15(19)8-10-17-24(22,23)14-6-4-3-5-7-14/h3-7,13,17H,8-12H2,1-2H3,(H,20,21). The number of hydrogen-bond acceptors (Lipinski definition) is 4. The molecule has 0 radical (unpaired) electrons. The molecule has 7 nitrogen and oxygen atoms in total. The Hall–Kier alpha value is -1.93. The highest BCUT2D eigenvalue weighted by Crippen LogP contribution is 2.07. The zero-order valence-corrected chi connectivity index (χ0v) is 14.8. The van der Waals surface area contributed by atoms with E-state index >= 15 is 0 Å². The van der Waals surface area contributed by atoms with E-state index < -0.39 is 16.0 Å². The molecule has 0 atom stereocenters. The highest BCUT2D eigenvalue weighted by atomic mass is 32.2. The predicted octanol–water partition coefficient (Wildman–Crippen LogP) is 1.31. The van der Waals surface area contributed by atoms with Crippen LogP contribution in [0.25, 0.3) is 0 Å². The van der Waals surface area contributed by atoms with Crippen LogP contribution in [0, 0.1) is 5.92 Å². The number of amides is 1. The quantitative estimate of drug-likeness (QED) is 0.658. The molecule has 0 spiro atoms. The summed E-state index contributed by atoms with van der Waals surface area (Å²) in [7, 11) is -3.65. The Kier molecular flexibility index (Phi) is 7.87. The number of carboxylic acids is 1. The zero-order chi connectivity index (χ0) is 18.2. The van der Waals surface area contributed by atoms with Crippen LogP contribution in [-0.2, 0) is 19.6 Å². The van der Waals surface area contributed by atoms with E-state index in [2.05, 4.69) is 4.72 Å². The first-order valence-electron chi connectivity index (χ1n) is 7.76. The summed E-state index contributed by atoms with van der Waals surface area (Å²) in [6.45, 7) is 4.39. The molecule has 0 unspecified atom stereocenters. The predicted molar refractivity (Wildman–Crippen MR) is 89.9 cm³/mol. The van der Waals surface area contributed by atoms with Gasteiger partial charge < -0.3 is 10.0 Å². The molecule has 24 heavy (non-hydrogen) atoms. The highest BCUT2D eigenvalue weighted by molar-refractivity contribution is 7.89. The Morgan fingerprint density at radius 3 is 2.33 bits per heavy atom. The molecule has 0 aromatic heterocycles. The number of nitrogens with one attached hydrogen (secondary N) is 1. The van der Waals surface area contributed by atoms with Gasteiger partial charge >= 0.3 is 5.97 Å². The van der Waals surface area contributed by atoms with Crippen molar-refractivity contribution in [1.82, 2.24) is 9.62 Å². The maximum Gasteiger partial charge on any atom is 0.305 e. The van der Waals surface area contributed by atoms with Crippen molar-refractivity contribution in [3.63, 3.8) is 0 Å². The Morgan fingerprint density at radius 2 is 1.79 bits per heavy atom. The average molecular weight is 356 g/mol. The number of carbonyl (C=O) groups is 2. The second kappa shape index (κ2) is 9.39. The molecule has 0 fully saturated rings. The van der Waals surface area contributed by atoms with Gasteiger partial charge in [-0.05, 0) is 18.1 Å². The van der Waals surface area contributed by atoms with Gasteiger partial charge in [0.15, 0.2) is 0 Å². The molecule has 1 rings (SSSR count). The topological polar surface area (TPSA) is 104 Å². The van der Waals surface area contributed by atoms with E-state index in [-0.39, 0.29) is 42.7 Å². The van der Waals surface area contributed by atoms with Crippen molar-refractivity contribution in [3.05, 3.63) is 30.3 Å². The summed E-state index contributed by atoms with van der Waals surface area (Å²) in [5.74, 6) is -1.04.